The molecule has 2 atom stereocenters. The van der Waals surface area contributed by atoms with Gasteiger partial charge in [-0.1, -0.05) is 55.3 Å². The van der Waals surface area contributed by atoms with Gasteiger partial charge in [-0.15, -0.1) is 0 Å². The van der Waals surface area contributed by atoms with Gasteiger partial charge in [0.15, 0.2) is 5.96 Å². The number of amides is 2. The van der Waals surface area contributed by atoms with E-state index < -0.39 is 0 Å². The molecule has 2 aromatic rings. The average Bonchev–Trinajstić information content (AvgIpc) is 2.65. The van der Waals surface area contributed by atoms with Crippen LogP contribution in [0.4, 0.5) is 4.79 Å². The number of carbonyl (C=O) groups is 1. The third-order valence-electron chi connectivity index (χ3n) is 4.94. The minimum absolute atomic E-state index is 0.0830. The largest absolute Gasteiger partial charge is 0.393 e. The summed E-state index contributed by atoms with van der Waals surface area (Å²) < 4.78 is 0. The zero-order chi connectivity index (χ0) is 18.4. The number of nitrogens with two attached hydrogens (primary N) is 1. The Labute approximate surface area is 153 Å². The molecule has 0 saturated heterocycles. The van der Waals surface area contributed by atoms with Gasteiger partial charge >= 0.3 is 6.03 Å². The molecule has 6 heteroatoms. The smallest absolute Gasteiger partial charge is 0.321 e. The van der Waals surface area contributed by atoms with Crippen LogP contribution in [-0.2, 0) is 6.54 Å². The van der Waals surface area contributed by atoms with E-state index in [9.17, 15) is 9.90 Å². The number of aliphatic imine (C=N–C) groups is 1. The quantitative estimate of drug-likeness (QED) is 0.501. The van der Waals surface area contributed by atoms with Crippen molar-refractivity contribution >= 4 is 22.8 Å². The first-order valence-corrected chi connectivity index (χ1v) is 9.13. The number of hydrogen-bond donors (Lipinski definition) is 4. The first kappa shape index (κ1) is 18.2. The van der Waals surface area contributed by atoms with Crippen molar-refractivity contribution in [3.63, 3.8) is 0 Å². The van der Waals surface area contributed by atoms with E-state index in [2.05, 4.69) is 27.8 Å². The summed E-state index contributed by atoms with van der Waals surface area (Å²) >= 11 is 0. The maximum Gasteiger partial charge on any atom is 0.321 e. The van der Waals surface area contributed by atoms with Crippen LogP contribution in [0.1, 0.15) is 31.2 Å². The zero-order valence-corrected chi connectivity index (χ0v) is 14.8. The van der Waals surface area contributed by atoms with Gasteiger partial charge in [0.2, 0.25) is 0 Å². The number of carbonyl (C=O) groups excluding carboxylic acids is 1. The highest BCUT2D eigenvalue weighted by Gasteiger charge is 2.23. The predicted octanol–water partition coefficient (Wildman–Crippen LogP) is 2.50. The monoisotopic (exact) mass is 354 g/mol. The maximum absolute atomic E-state index is 12.0. The van der Waals surface area contributed by atoms with Crippen molar-refractivity contribution in [2.75, 3.05) is 6.54 Å². The number of aliphatic hydroxyl groups is 1. The van der Waals surface area contributed by atoms with Crippen LogP contribution >= 0.6 is 0 Å². The van der Waals surface area contributed by atoms with Crippen molar-refractivity contribution in [1.29, 1.82) is 0 Å². The summed E-state index contributed by atoms with van der Waals surface area (Å²) in [5.74, 6) is 0.197. The van der Waals surface area contributed by atoms with E-state index in [1.54, 1.807) is 0 Å². The molecule has 6 nitrogen and oxygen atoms in total. The van der Waals surface area contributed by atoms with Crippen LogP contribution in [0.2, 0.25) is 0 Å². The van der Waals surface area contributed by atoms with Gasteiger partial charge < -0.3 is 16.2 Å². The van der Waals surface area contributed by atoms with E-state index in [4.69, 9.17) is 5.73 Å². The van der Waals surface area contributed by atoms with E-state index in [-0.39, 0.29) is 24.0 Å². The summed E-state index contributed by atoms with van der Waals surface area (Å²) in [6.07, 6.45) is 3.56. The number of urea groups is 1. The van der Waals surface area contributed by atoms with Gasteiger partial charge in [0.1, 0.15) is 0 Å². The fraction of sp³-hybridized carbons (Fsp3) is 0.400. The molecule has 26 heavy (non-hydrogen) atoms. The number of hydrogen-bond acceptors (Lipinski definition) is 3. The third-order valence-corrected chi connectivity index (χ3v) is 4.94. The average molecular weight is 354 g/mol. The Kier molecular flexibility index (Phi) is 6.07. The Morgan fingerprint density at radius 1 is 1.15 bits per heavy atom. The molecular formula is C20H26N4O2. The van der Waals surface area contributed by atoms with E-state index in [1.807, 2.05) is 30.3 Å². The van der Waals surface area contributed by atoms with Crippen LogP contribution < -0.4 is 16.4 Å². The van der Waals surface area contributed by atoms with Crippen LogP contribution in [-0.4, -0.2) is 29.7 Å². The van der Waals surface area contributed by atoms with E-state index in [0.717, 1.165) is 42.0 Å². The van der Waals surface area contributed by atoms with Crippen molar-refractivity contribution in [3.05, 3.63) is 48.0 Å². The molecule has 138 valence electrons. The highest BCUT2D eigenvalue weighted by molar-refractivity contribution is 5.95. The summed E-state index contributed by atoms with van der Waals surface area (Å²) in [4.78, 5) is 16.2. The number of guanidine groups is 1. The molecule has 3 rings (SSSR count). The van der Waals surface area contributed by atoms with Crippen molar-refractivity contribution < 1.29 is 9.90 Å². The molecule has 1 aliphatic carbocycles. The molecule has 1 saturated carbocycles. The lowest BCUT2D eigenvalue weighted by atomic mass is 9.86. The zero-order valence-electron chi connectivity index (χ0n) is 14.8. The summed E-state index contributed by atoms with van der Waals surface area (Å²) in [6.45, 7) is 0.846. The normalized spacial score (nSPS) is 20.7. The minimum atomic E-state index is -0.387. The summed E-state index contributed by atoms with van der Waals surface area (Å²) in [7, 11) is 0. The molecule has 0 heterocycles. The fourth-order valence-electron chi connectivity index (χ4n) is 3.45. The van der Waals surface area contributed by atoms with Crippen LogP contribution in [0.5, 0.6) is 0 Å². The van der Waals surface area contributed by atoms with Gasteiger partial charge in [0, 0.05) is 12.5 Å². The third kappa shape index (κ3) is 4.73. The number of fused-ring (bicyclic) bond motifs is 1. The lowest BCUT2D eigenvalue weighted by Crippen LogP contribution is -2.46. The lowest BCUT2D eigenvalue weighted by molar-refractivity contribution is 0.0710. The molecule has 1 fully saturated rings. The second-order valence-corrected chi connectivity index (χ2v) is 6.79. The maximum atomic E-state index is 12.0. The molecule has 0 aromatic heterocycles. The second-order valence-electron chi connectivity index (χ2n) is 6.79. The Morgan fingerprint density at radius 2 is 1.92 bits per heavy atom. The van der Waals surface area contributed by atoms with Gasteiger partial charge in [-0.3, -0.25) is 5.32 Å². The van der Waals surface area contributed by atoms with Crippen molar-refractivity contribution in [2.45, 2.75) is 38.3 Å². The molecule has 0 spiro atoms. The standard InChI is InChI=1S/C20H26N4O2/c21-19(24-20(26)23-13-16-7-2-4-11-18(16)25)22-12-15-9-5-8-14-6-1-3-10-17(14)15/h1,3,5-6,8-10,16,18,25H,2,4,7,11-13H2,(H4,21,22,23,24,26)/t16-,18+/m0/s1. The minimum Gasteiger partial charge on any atom is -0.393 e. The second kappa shape index (κ2) is 8.67. The molecule has 2 aromatic carbocycles. The van der Waals surface area contributed by atoms with Crippen LogP contribution in [0, 0.1) is 5.92 Å². The van der Waals surface area contributed by atoms with Gasteiger partial charge in [0.25, 0.3) is 0 Å². The van der Waals surface area contributed by atoms with E-state index >= 15 is 0 Å². The summed E-state index contributed by atoms with van der Waals surface area (Å²) in [5, 5.41) is 17.5. The Morgan fingerprint density at radius 3 is 2.77 bits per heavy atom. The SMILES string of the molecule is NC(=NCc1cccc2ccccc12)NC(=O)NC[C@@H]1CCCC[C@H]1O. The number of nitrogens with one attached hydrogen (secondary N) is 2. The van der Waals surface area contributed by atoms with Crippen molar-refractivity contribution in [3.8, 4) is 0 Å². The Bertz CT molecular complexity index is 785. The number of aliphatic hydroxyl groups excluding tert-OH is 1. The van der Waals surface area contributed by atoms with Crippen molar-refractivity contribution in [1.82, 2.24) is 10.6 Å². The predicted molar refractivity (Wildman–Crippen MR) is 104 cm³/mol. The van der Waals surface area contributed by atoms with E-state index in [1.165, 1.54) is 0 Å². The van der Waals surface area contributed by atoms with Crippen molar-refractivity contribution in [2.24, 2.45) is 16.6 Å². The van der Waals surface area contributed by atoms with Gasteiger partial charge in [-0.2, -0.15) is 0 Å². The van der Waals surface area contributed by atoms with Crippen LogP contribution in [0.25, 0.3) is 10.8 Å². The molecule has 5 N–H and O–H groups in total. The van der Waals surface area contributed by atoms with Crippen LogP contribution in [0.3, 0.4) is 0 Å². The molecule has 1 aliphatic rings. The Balaban J connectivity index is 1.52. The number of rotatable bonds is 4. The van der Waals surface area contributed by atoms with Gasteiger partial charge in [0.05, 0.1) is 12.6 Å². The summed E-state index contributed by atoms with van der Waals surface area (Å²) in [6, 6.07) is 13.7. The topological polar surface area (TPSA) is 99.7 Å². The number of nitrogens with zero attached hydrogens (tertiary/aromatic N) is 1. The number of benzene rings is 2. The first-order valence-electron chi connectivity index (χ1n) is 9.13. The fourth-order valence-corrected chi connectivity index (χ4v) is 3.45. The molecule has 0 aliphatic heterocycles. The van der Waals surface area contributed by atoms with Gasteiger partial charge in [-0.05, 0) is 29.2 Å². The molecule has 0 radical (unpaired) electrons. The van der Waals surface area contributed by atoms with E-state index in [0.29, 0.717) is 13.1 Å². The Hall–Kier alpha value is -2.60. The summed E-state index contributed by atoms with van der Waals surface area (Å²) in [5.41, 5.74) is 6.89. The van der Waals surface area contributed by atoms with Crippen LogP contribution in [0.15, 0.2) is 47.5 Å². The first-order chi connectivity index (χ1) is 12.6. The molecule has 2 amide bonds. The molecule has 0 unspecified atom stereocenters. The molecule has 0 bridgehead atoms. The van der Waals surface area contributed by atoms with Gasteiger partial charge in [-0.25, -0.2) is 9.79 Å². The lowest BCUT2D eigenvalue weighted by Gasteiger charge is -2.27. The molecular weight excluding hydrogens is 328 g/mol. The highest BCUT2D eigenvalue weighted by atomic mass is 16.3. The highest BCUT2D eigenvalue weighted by Crippen LogP contribution is 2.23.